The summed E-state index contributed by atoms with van der Waals surface area (Å²) in [5.41, 5.74) is 3.90. The smallest absolute Gasteiger partial charge is 0.401 e. The number of anilines is 2. The number of hydrogen-bond acceptors (Lipinski definition) is 5. The van der Waals surface area contributed by atoms with Crippen molar-refractivity contribution in [3.8, 4) is 17.0 Å². The highest BCUT2D eigenvalue weighted by Gasteiger charge is 2.52. The maximum absolute atomic E-state index is 14.6. The van der Waals surface area contributed by atoms with Crippen LogP contribution in [0, 0.1) is 5.82 Å². The Labute approximate surface area is 222 Å². The second kappa shape index (κ2) is 9.55. The molecule has 2 aliphatic heterocycles. The van der Waals surface area contributed by atoms with E-state index in [1.54, 1.807) is 24.4 Å². The van der Waals surface area contributed by atoms with Crippen molar-refractivity contribution >= 4 is 17.3 Å². The van der Waals surface area contributed by atoms with Crippen LogP contribution in [0.15, 0.2) is 36.7 Å². The number of hydrogen-bond donors (Lipinski definition) is 3. The molecule has 11 heteroatoms. The predicted molar refractivity (Wildman–Crippen MR) is 138 cm³/mol. The lowest BCUT2D eigenvalue weighted by atomic mass is 9.93. The number of nitrogens with one attached hydrogen (secondary N) is 3. The van der Waals surface area contributed by atoms with Crippen LogP contribution in [0.25, 0.3) is 11.3 Å². The molecule has 6 rings (SSSR count). The molecule has 2 fully saturated rings. The third-order valence-electron chi connectivity index (χ3n) is 8.06. The van der Waals surface area contributed by atoms with Crippen molar-refractivity contribution in [1.82, 2.24) is 20.2 Å². The molecule has 3 N–H and O–H groups in total. The molecule has 1 amide bonds. The fourth-order valence-electron chi connectivity index (χ4n) is 5.63. The van der Waals surface area contributed by atoms with Crippen molar-refractivity contribution in [2.75, 3.05) is 31.6 Å². The monoisotopic (exact) mass is 543 g/mol. The number of aromatic amines is 1. The minimum Gasteiger partial charge on any atom is -0.490 e. The van der Waals surface area contributed by atoms with Gasteiger partial charge in [0.1, 0.15) is 18.2 Å². The second-order valence-electron chi connectivity index (χ2n) is 10.5. The molecule has 1 aliphatic carbocycles. The average molecular weight is 544 g/mol. The number of nitrogens with zero attached hydrogens (tertiary/aromatic N) is 2. The van der Waals surface area contributed by atoms with Crippen LogP contribution < -0.4 is 15.4 Å². The zero-order valence-electron chi connectivity index (χ0n) is 21.4. The van der Waals surface area contributed by atoms with Gasteiger partial charge in [-0.15, -0.1) is 0 Å². The number of carbonyl (C=O) groups excluding carboxylic acids is 1. The summed E-state index contributed by atoms with van der Waals surface area (Å²) in [7, 11) is 0. The molecule has 1 spiro atoms. The summed E-state index contributed by atoms with van der Waals surface area (Å²) in [4.78, 5) is 22.2. The molecule has 4 heterocycles. The van der Waals surface area contributed by atoms with Gasteiger partial charge in [0.15, 0.2) is 0 Å². The SMILES string of the molecule is CCc1c(F)cccc1Nc1c(-c2ccncc2OCC2CCN2CC(F)(F)F)[nH]c2c1C(=O)NCC21CC1. The van der Waals surface area contributed by atoms with Gasteiger partial charge < -0.3 is 20.4 Å². The largest absolute Gasteiger partial charge is 0.490 e. The molecule has 39 heavy (non-hydrogen) atoms. The molecule has 0 radical (unpaired) electrons. The molecule has 1 unspecified atom stereocenters. The number of alkyl halides is 3. The summed E-state index contributed by atoms with van der Waals surface area (Å²) >= 11 is 0. The van der Waals surface area contributed by atoms with E-state index in [1.165, 1.54) is 17.2 Å². The van der Waals surface area contributed by atoms with E-state index in [9.17, 15) is 22.4 Å². The Hall–Kier alpha value is -3.60. The van der Waals surface area contributed by atoms with Crippen molar-refractivity contribution in [3.05, 3.63) is 59.3 Å². The molecular formula is C28H29F4N5O2. The predicted octanol–water partition coefficient (Wildman–Crippen LogP) is 5.31. The quantitative estimate of drug-likeness (QED) is 0.336. The number of pyridine rings is 1. The first-order chi connectivity index (χ1) is 18.7. The fourth-order valence-corrected chi connectivity index (χ4v) is 5.63. The fraction of sp³-hybridized carbons (Fsp3) is 0.429. The van der Waals surface area contributed by atoms with E-state index in [0.717, 1.165) is 18.5 Å². The highest BCUT2D eigenvalue weighted by Crippen LogP contribution is 2.54. The van der Waals surface area contributed by atoms with E-state index in [0.29, 0.717) is 65.4 Å². The minimum absolute atomic E-state index is 0.0757. The van der Waals surface area contributed by atoms with Gasteiger partial charge in [-0.1, -0.05) is 13.0 Å². The van der Waals surface area contributed by atoms with Crippen LogP contribution in [-0.2, 0) is 11.8 Å². The molecule has 206 valence electrons. The normalized spacial score (nSPS) is 19.8. The number of ether oxygens (including phenoxy) is 1. The van der Waals surface area contributed by atoms with Gasteiger partial charge in [-0.25, -0.2) is 4.39 Å². The van der Waals surface area contributed by atoms with E-state index in [4.69, 9.17) is 4.74 Å². The summed E-state index contributed by atoms with van der Waals surface area (Å²) in [5, 5.41) is 6.34. The lowest BCUT2D eigenvalue weighted by Crippen LogP contribution is -2.54. The lowest BCUT2D eigenvalue weighted by Gasteiger charge is -2.40. The molecule has 7 nitrogen and oxygen atoms in total. The number of rotatable bonds is 8. The van der Waals surface area contributed by atoms with E-state index in [2.05, 4.69) is 20.6 Å². The maximum atomic E-state index is 14.6. The van der Waals surface area contributed by atoms with Crippen molar-refractivity contribution < 1.29 is 27.1 Å². The van der Waals surface area contributed by atoms with Crippen LogP contribution in [0.5, 0.6) is 5.75 Å². The summed E-state index contributed by atoms with van der Waals surface area (Å²) in [6.45, 7) is 1.87. The third kappa shape index (κ3) is 4.73. The first-order valence-corrected chi connectivity index (χ1v) is 13.2. The van der Waals surface area contributed by atoms with Crippen LogP contribution in [0.2, 0.25) is 0 Å². The molecule has 1 saturated heterocycles. The standard InChI is InChI=1S/C28H29F4N5O2/c1-2-17-19(29)4-3-5-20(17)35-24-22-25(27(8-9-27)14-34-26(22)38)36-23(24)18-6-10-33-12-21(18)39-13-16-7-11-37(16)15-28(30,31)32/h3-6,10,12,16,35-36H,2,7-9,11,13-15H2,1H3,(H,34,38). The summed E-state index contributed by atoms with van der Waals surface area (Å²) in [5.74, 6) is -0.178. The van der Waals surface area contributed by atoms with E-state index in [-0.39, 0.29) is 29.8 Å². The lowest BCUT2D eigenvalue weighted by molar-refractivity contribution is -0.163. The molecule has 1 atom stereocenters. The van der Waals surface area contributed by atoms with Gasteiger partial charge in [-0.2, -0.15) is 13.2 Å². The van der Waals surface area contributed by atoms with Crippen LogP contribution in [0.3, 0.4) is 0 Å². The van der Waals surface area contributed by atoms with Crippen LogP contribution in [0.1, 0.15) is 47.8 Å². The Morgan fingerprint density at radius 3 is 2.77 bits per heavy atom. The van der Waals surface area contributed by atoms with Gasteiger partial charge in [-0.3, -0.25) is 14.7 Å². The number of benzene rings is 1. The van der Waals surface area contributed by atoms with Crippen LogP contribution in [0.4, 0.5) is 28.9 Å². The number of amides is 1. The summed E-state index contributed by atoms with van der Waals surface area (Å²) < 4.78 is 59.4. The van der Waals surface area contributed by atoms with Crippen LogP contribution >= 0.6 is 0 Å². The molecule has 3 aromatic rings. The topological polar surface area (TPSA) is 82.3 Å². The van der Waals surface area contributed by atoms with Crippen molar-refractivity contribution in [2.45, 2.75) is 50.2 Å². The van der Waals surface area contributed by atoms with E-state index in [1.807, 2.05) is 6.92 Å². The van der Waals surface area contributed by atoms with Crippen molar-refractivity contribution in [3.63, 3.8) is 0 Å². The first-order valence-electron chi connectivity index (χ1n) is 13.2. The number of carbonyl (C=O) groups is 1. The number of fused-ring (bicyclic) bond motifs is 2. The first kappa shape index (κ1) is 25.7. The third-order valence-corrected chi connectivity index (χ3v) is 8.06. The molecule has 0 bridgehead atoms. The Morgan fingerprint density at radius 1 is 1.26 bits per heavy atom. The van der Waals surface area contributed by atoms with E-state index < -0.39 is 12.7 Å². The molecule has 1 aromatic carbocycles. The van der Waals surface area contributed by atoms with Crippen molar-refractivity contribution in [1.29, 1.82) is 0 Å². The zero-order chi connectivity index (χ0) is 27.4. The number of likely N-dealkylation sites (tertiary alicyclic amines) is 1. The number of H-pyrrole nitrogens is 1. The highest BCUT2D eigenvalue weighted by molar-refractivity contribution is 6.07. The van der Waals surface area contributed by atoms with Gasteiger partial charge >= 0.3 is 6.18 Å². The minimum atomic E-state index is -4.27. The molecule has 2 aromatic heterocycles. The Kier molecular flexibility index (Phi) is 6.28. The maximum Gasteiger partial charge on any atom is 0.401 e. The van der Waals surface area contributed by atoms with Crippen molar-refractivity contribution in [2.24, 2.45) is 0 Å². The summed E-state index contributed by atoms with van der Waals surface area (Å²) in [6.07, 6.45) is 1.77. The molecule has 1 saturated carbocycles. The zero-order valence-corrected chi connectivity index (χ0v) is 21.4. The van der Waals surface area contributed by atoms with Gasteiger partial charge in [0.05, 0.1) is 29.7 Å². The summed E-state index contributed by atoms with van der Waals surface area (Å²) in [6, 6.07) is 6.18. The van der Waals surface area contributed by atoms with Gasteiger partial charge in [0.25, 0.3) is 5.91 Å². The Morgan fingerprint density at radius 2 is 2.08 bits per heavy atom. The van der Waals surface area contributed by atoms with E-state index >= 15 is 0 Å². The van der Waals surface area contributed by atoms with Gasteiger partial charge in [0, 0.05) is 53.3 Å². The van der Waals surface area contributed by atoms with Gasteiger partial charge in [-0.05, 0) is 43.9 Å². The second-order valence-corrected chi connectivity index (χ2v) is 10.5. The molecular weight excluding hydrogens is 514 g/mol. The number of aromatic nitrogens is 2. The number of halogens is 4. The average Bonchev–Trinajstić information content (AvgIpc) is 3.57. The highest BCUT2D eigenvalue weighted by atomic mass is 19.4. The Bertz CT molecular complexity index is 1420. The van der Waals surface area contributed by atoms with Crippen LogP contribution in [-0.4, -0.2) is 59.2 Å². The Balaban J connectivity index is 1.38. The van der Waals surface area contributed by atoms with Gasteiger partial charge in [0.2, 0.25) is 0 Å². The molecule has 3 aliphatic rings.